The van der Waals surface area contributed by atoms with E-state index >= 15 is 0 Å². The van der Waals surface area contributed by atoms with Crippen LogP contribution in [0.4, 0.5) is 0 Å². The maximum Gasteiger partial charge on any atom is 0.138 e. The standard InChI is InChI=1S/C16H25ClO/c1-15(2,3)10-9-12-7-8-14(13(17)11-12)18-16(4,5)6/h7-8,11H,9-10H2,1-6H3. The Morgan fingerprint density at radius 1 is 1.06 bits per heavy atom. The second-order valence-electron chi connectivity index (χ2n) is 7.04. The van der Waals surface area contributed by atoms with Crippen molar-refractivity contribution in [2.24, 2.45) is 5.41 Å². The molecule has 0 heterocycles. The first-order valence-corrected chi connectivity index (χ1v) is 6.92. The first-order valence-electron chi connectivity index (χ1n) is 6.54. The van der Waals surface area contributed by atoms with Gasteiger partial charge in [0.2, 0.25) is 0 Å². The molecule has 0 N–H and O–H groups in total. The Labute approximate surface area is 116 Å². The number of aryl methyl sites for hydroxylation is 1. The summed E-state index contributed by atoms with van der Waals surface area (Å²) in [5.74, 6) is 0.767. The smallest absolute Gasteiger partial charge is 0.138 e. The zero-order chi connectivity index (χ0) is 14.0. The van der Waals surface area contributed by atoms with Gasteiger partial charge < -0.3 is 4.74 Å². The normalized spacial score (nSPS) is 12.6. The minimum absolute atomic E-state index is 0.212. The third kappa shape index (κ3) is 5.77. The van der Waals surface area contributed by atoms with E-state index in [-0.39, 0.29) is 5.60 Å². The van der Waals surface area contributed by atoms with Crippen LogP contribution < -0.4 is 4.74 Å². The van der Waals surface area contributed by atoms with Crippen LogP contribution in [0.15, 0.2) is 18.2 Å². The van der Waals surface area contributed by atoms with Crippen molar-refractivity contribution in [3.05, 3.63) is 28.8 Å². The second-order valence-corrected chi connectivity index (χ2v) is 7.45. The molecule has 18 heavy (non-hydrogen) atoms. The molecule has 0 bridgehead atoms. The maximum absolute atomic E-state index is 6.26. The predicted molar refractivity (Wildman–Crippen MR) is 79.6 cm³/mol. The number of halogens is 1. The summed E-state index contributed by atoms with van der Waals surface area (Å²) in [5.41, 5.74) is 1.42. The van der Waals surface area contributed by atoms with Crippen LogP contribution in [0.3, 0.4) is 0 Å². The van der Waals surface area contributed by atoms with Crippen molar-refractivity contribution in [2.75, 3.05) is 0 Å². The van der Waals surface area contributed by atoms with Gasteiger partial charge in [-0.1, -0.05) is 38.4 Å². The molecule has 0 aliphatic rings. The second kappa shape index (κ2) is 5.52. The Balaban J connectivity index is 2.74. The molecule has 102 valence electrons. The molecule has 0 fully saturated rings. The van der Waals surface area contributed by atoms with Gasteiger partial charge in [0.05, 0.1) is 5.02 Å². The summed E-state index contributed by atoms with van der Waals surface area (Å²) in [4.78, 5) is 0. The van der Waals surface area contributed by atoms with Crippen molar-refractivity contribution in [2.45, 2.75) is 60.0 Å². The largest absolute Gasteiger partial charge is 0.487 e. The fourth-order valence-electron chi connectivity index (χ4n) is 1.63. The van der Waals surface area contributed by atoms with Crippen LogP contribution in [0, 0.1) is 5.41 Å². The molecule has 0 unspecified atom stereocenters. The number of benzene rings is 1. The van der Waals surface area contributed by atoms with Gasteiger partial charge >= 0.3 is 0 Å². The van der Waals surface area contributed by atoms with E-state index in [4.69, 9.17) is 16.3 Å². The quantitative estimate of drug-likeness (QED) is 0.704. The predicted octanol–water partition coefficient (Wildman–Crippen LogP) is 5.50. The number of hydrogen-bond acceptors (Lipinski definition) is 1. The molecule has 0 aliphatic heterocycles. The monoisotopic (exact) mass is 268 g/mol. The van der Waals surface area contributed by atoms with Crippen molar-refractivity contribution in [1.29, 1.82) is 0 Å². The van der Waals surface area contributed by atoms with E-state index in [1.54, 1.807) is 0 Å². The average Bonchev–Trinajstić information content (AvgIpc) is 2.15. The zero-order valence-electron chi connectivity index (χ0n) is 12.4. The average molecular weight is 269 g/mol. The third-order valence-corrected chi connectivity index (χ3v) is 2.87. The van der Waals surface area contributed by atoms with Gasteiger partial charge in [-0.05, 0) is 56.7 Å². The summed E-state index contributed by atoms with van der Waals surface area (Å²) in [5, 5.41) is 0.705. The van der Waals surface area contributed by atoms with Gasteiger partial charge in [0.15, 0.2) is 0 Å². The van der Waals surface area contributed by atoms with E-state index in [1.165, 1.54) is 5.56 Å². The molecule has 0 amide bonds. The SMILES string of the molecule is CC(C)(C)CCc1ccc(OC(C)(C)C)c(Cl)c1. The fraction of sp³-hybridized carbons (Fsp3) is 0.625. The highest BCUT2D eigenvalue weighted by molar-refractivity contribution is 6.32. The van der Waals surface area contributed by atoms with Crippen LogP contribution >= 0.6 is 11.6 Å². The number of ether oxygens (including phenoxy) is 1. The van der Waals surface area contributed by atoms with Crippen molar-refractivity contribution in [1.82, 2.24) is 0 Å². The number of rotatable bonds is 3. The fourth-order valence-corrected chi connectivity index (χ4v) is 1.87. The van der Waals surface area contributed by atoms with Gasteiger partial charge in [0.25, 0.3) is 0 Å². The maximum atomic E-state index is 6.26. The highest BCUT2D eigenvalue weighted by Crippen LogP contribution is 2.30. The highest BCUT2D eigenvalue weighted by atomic mass is 35.5. The van der Waals surface area contributed by atoms with Gasteiger partial charge in [-0.15, -0.1) is 0 Å². The Bertz CT molecular complexity index is 397. The molecule has 0 saturated carbocycles. The van der Waals surface area contributed by atoms with Crippen molar-refractivity contribution in [3.8, 4) is 5.75 Å². The molecule has 0 saturated heterocycles. The first-order chi connectivity index (χ1) is 8.07. The highest BCUT2D eigenvalue weighted by Gasteiger charge is 2.15. The van der Waals surface area contributed by atoms with Crippen LogP contribution in [0.25, 0.3) is 0 Å². The summed E-state index contributed by atoms with van der Waals surface area (Å²) >= 11 is 6.26. The number of hydrogen-bond donors (Lipinski definition) is 0. The lowest BCUT2D eigenvalue weighted by Crippen LogP contribution is -2.23. The minimum Gasteiger partial charge on any atom is -0.487 e. The van der Waals surface area contributed by atoms with E-state index in [2.05, 4.69) is 26.8 Å². The molecule has 1 aromatic carbocycles. The lowest BCUT2D eigenvalue weighted by molar-refractivity contribution is 0.131. The van der Waals surface area contributed by atoms with E-state index < -0.39 is 0 Å². The molecule has 1 rings (SSSR count). The summed E-state index contributed by atoms with van der Waals surface area (Å²) in [6.07, 6.45) is 2.21. The molecule has 0 spiro atoms. The Morgan fingerprint density at radius 3 is 2.11 bits per heavy atom. The Kier molecular flexibility index (Phi) is 4.72. The molecule has 0 radical (unpaired) electrons. The van der Waals surface area contributed by atoms with Crippen molar-refractivity contribution in [3.63, 3.8) is 0 Å². The minimum atomic E-state index is -0.212. The van der Waals surface area contributed by atoms with Crippen LogP contribution in [0.1, 0.15) is 53.5 Å². The summed E-state index contributed by atoms with van der Waals surface area (Å²) in [6.45, 7) is 12.8. The van der Waals surface area contributed by atoms with Gasteiger partial charge in [0.1, 0.15) is 11.4 Å². The van der Waals surface area contributed by atoms with E-state index in [9.17, 15) is 0 Å². The van der Waals surface area contributed by atoms with Crippen LogP contribution in [-0.2, 0) is 6.42 Å². The van der Waals surface area contributed by atoms with E-state index in [0.717, 1.165) is 18.6 Å². The summed E-state index contributed by atoms with van der Waals surface area (Å²) in [7, 11) is 0. The molecular weight excluding hydrogens is 244 g/mol. The Morgan fingerprint density at radius 2 is 1.67 bits per heavy atom. The lowest BCUT2D eigenvalue weighted by atomic mass is 9.89. The van der Waals surface area contributed by atoms with Gasteiger partial charge in [-0.3, -0.25) is 0 Å². The lowest BCUT2D eigenvalue weighted by Gasteiger charge is -2.22. The molecular formula is C16H25ClO. The third-order valence-electron chi connectivity index (χ3n) is 2.58. The topological polar surface area (TPSA) is 9.23 Å². The summed E-state index contributed by atoms with van der Waals surface area (Å²) in [6, 6.07) is 6.11. The van der Waals surface area contributed by atoms with Gasteiger partial charge in [0, 0.05) is 0 Å². The van der Waals surface area contributed by atoms with Crippen LogP contribution in [-0.4, -0.2) is 5.60 Å². The summed E-state index contributed by atoms with van der Waals surface area (Å²) < 4.78 is 5.80. The molecule has 0 aromatic heterocycles. The van der Waals surface area contributed by atoms with Crippen LogP contribution in [0.2, 0.25) is 5.02 Å². The Hall–Kier alpha value is -0.690. The van der Waals surface area contributed by atoms with E-state index in [0.29, 0.717) is 10.4 Å². The molecule has 2 heteroatoms. The zero-order valence-corrected chi connectivity index (χ0v) is 13.2. The first kappa shape index (κ1) is 15.4. The van der Waals surface area contributed by atoms with E-state index in [1.807, 2.05) is 32.9 Å². The van der Waals surface area contributed by atoms with Gasteiger partial charge in [-0.2, -0.15) is 0 Å². The molecule has 1 aromatic rings. The molecule has 1 nitrogen and oxygen atoms in total. The van der Waals surface area contributed by atoms with Crippen molar-refractivity contribution < 1.29 is 4.74 Å². The molecule has 0 aliphatic carbocycles. The van der Waals surface area contributed by atoms with Crippen LogP contribution in [0.5, 0.6) is 5.75 Å². The van der Waals surface area contributed by atoms with Crippen molar-refractivity contribution >= 4 is 11.6 Å². The molecule has 0 atom stereocenters. The van der Waals surface area contributed by atoms with Gasteiger partial charge in [-0.25, -0.2) is 0 Å².